The van der Waals surface area contributed by atoms with Gasteiger partial charge >= 0.3 is 0 Å². The number of fused-ring (bicyclic) bond motifs is 3. The normalized spacial score (nSPS) is 20.0. The number of ether oxygens (including phenoxy) is 1. The van der Waals surface area contributed by atoms with E-state index < -0.39 is 0 Å². The average molecular weight is 551 g/mol. The summed E-state index contributed by atoms with van der Waals surface area (Å²) in [7, 11) is 1.62. The van der Waals surface area contributed by atoms with Crippen molar-refractivity contribution in [3.63, 3.8) is 0 Å². The number of rotatable bonds is 5. The lowest BCUT2D eigenvalue weighted by atomic mass is 9.84. The van der Waals surface area contributed by atoms with Gasteiger partial charge in [-0.3, -0.25) is 9.79 Å². The molecule has 9 heteroatoms. The van der Waals surface area contributed by atoms with E-state index in [0.717, 1.165) is 16.8 Å². The first-order chi connectivity index (χ1) is 19.9. The lowest BCUT2D eigenvalue weighted by Crippen LogP contribution is -2.57. The van der Waals surface area contributed by atoms with Gasteiger partial charge in [0.1, 0.15) is 17.3 Å². The number of hydrogen-bond donors (Lipinski definition) is 2. The summed E-state index contributed by atoms with van der Waals surface area (Å²) < 4.78 is 20.6. The smallest absolute Gasteiger partial charge is 0.272 e. The van der Waals surface area contributed by atoms with Crippen LogP contribution in [0.4, 0.5) is 16.0 Å². The van der Waals surface area contributed by atoms with Crippen LogP contribution >= 0.6 is 0 Å². The van der Waals surface area contributed by atoms with Crippen LogP contribution in [0.5, 0.6) is 5.75 Å². The number of nitrogens with zero attached hydrogens (tertiary/aromatic N) is 4. The van der Waals surface area contributed by atoms with Crippen LogP contribution in [-0.2, 0) is 11.2 Å². The largest absolute Gasteiger partial charge is 0.497 e. The van der Waals surface area contributed by atoms with Crippen LogP contribution in [0.1, 0.15) is 30.7 Å². The summed E-state index contributed by atoms with van der Waals surface area (Å²) in [6.45, 7) is 5.25. The minimum absolute atomic E-state index is 0.159. The highest BCUT2D eigenvalue weighted by Crippen LogP contribution is 2.41. The van der Waals surface area contributed by atoms with Crippen molar-refractivity contribution in [2.24, 2.45) is 4.99 Å². The first-order valence-corrected chi connectivity index (χ1v) is 13.7. The second-order valence-electron chi connectivity index (χ2n) is 10.5. The molecule has 1 aliphatic carbocycles. The molecule has 3 heterocycles. The summed E-state index contributed by atoms with van der Waals surface area (Å²) in [5, 5.41) is 6.70. The molecule has 2 N–H and O–H groups in total. The predicted octanol–water partition coefficient (Wildman–Crippen LogP) is 4.94. The number of hydrogen-bond acceptors (Lipinski definition) is 7. The Labute approximate surface area is 238 Å². The maximum absolute atomic E-state index is 15.2. The van der Waals surface area contributed by atoms with Crippen molar-refractivity contribution in [3.05, 3.63) is 101 Å². The van der Waals surface area contributed by atoms with E-state index in [4.69, 9.17) is 9.72 Å². The summed E-state index contributed by atoms with van der Waals surface area (Å²) in [5.74, 6) is 0.567. The zero-order chi connectivity index (χ0) is 28.5. The highest BCUT2D eigenvalue weighted by atomic mass is 19.1. The minimum Gasteiger partial charge on any atom is -0.497 e. The van der Waals surface area contributed by atoms with Crippen LogP contribution in [0.15, 0.2) is 83.6 Å². The van der Waals surface area contributed by atoms with Crippen LogP contribution in [0, 0.1) is 5.82 Å². The molecule has 2 aliphatic heterocycles. The first-order valence-electron chi connectivity index (χ1n) is 13.7. The van der Waals surface area contributed by atoms with Crippen molar-refractivity contribution in [2.75, 3.05) is 25.5 Å². The second kappa shape index (κ2) is 11.1. The topological polar surface area (TPSA) is 91.7 Å². The summed E-state index contributed by atoms with van der Waals surface area (Å²) in [6, 6.07) is 14.4. The zero-order valence-electron chi connectivity index (χ0n) is 23.2. The molecule has 0 spiro atoms. The van der Waals surface area contributed by atoms with E-state index in [-0.39, 0.29) is 29.5 Å². The Balaban J connectivity index is 1.42. The molecular formula is C32H31FN6O2. The fourth-order valence-corrected chi connectivity index (χ4v) is 5.57. The fourth-order valence-electron chi connectivity index (χ4n) is 5.57. The molecule has 3 aliphatic rings. The van der Waals surface area contributed by atoms with Crippen LogP contribution < -0.4 is 15.4 Å². The van der Waals surface area contributed by atoms with Crippen molar-refractivity contribution >= 4 is 34.4 Å². The van der Waals surface area contributed by atoms with Gasteiger partial charge in [0.15, 0.2) is 0 Å². The van der Waals surface area contributed by atoms with Crippen molar-refractivity contribution < 1.29 is 13.9 Å². The second-order valence-corrected chi connectivity index (χ2v) is 10.5. The van der Waals surface area contributed by atoms with Crippen LogP contribution in [0.3, 0.4) is 0 Å². The Kier molecular flexibility index (Phi) is 7.19. The molecular weight excluding hydrogens is 519 g/mol. The third-order valence-corrected chi connectivity index (χ3v) is 7.39. The van der Waals surface area contributed by atoms with Crippen molar-refractivity contribution in [3.8, 4) is 5.75 Å². The molecule has 8 nitrogen and oxygen atoms in total. The summed E-state index contributed by atoms with van der Waals surface area (Å²) in [5.41, 5.74) is 5.14. The number of anilines is 2. The van der Waals surface area contributed by atoms with Gasteiger partial charge in [-0.1, -0.05) is 30.3 Å². The van der Waals surface area contributed by atoms with Gasteiger partial charge in [0.25, 0.3) is 5.91 Å². The summed E-state index contributed by atoms with van der Waals surface area (Å²) in [4.78, 5) is 29.6. The maximum Gasteiger partial charge on any atom is 0.272 e. The summed E-state index contributed by atoms with van der Waals surface area (Å²) in [6.07, 6.45) is 7.77. The highest BCUT2D eigenvalue weighted by Gasteiger charge is 2.31. The van der Waals surface area contributed by atoms with E-state index in [2.05, 4.69) is 34.5 Å². The van der Waals surface area contributed by atoms with Gasteiger partial charge in [-0.25, -0.2) is 14.4 Å². The number of carbonyl (C=O) groups excluding carboxylic acids is 1. The van der Waals surface area contributed by atoms with Gasteiger partial charge in [0.2, 0.25) is 5.95 Å². The van der Waals surface area contributed by atoms with Crippen molar-refractivity contribution in [1.29, 1.82) is 0 Å². The Bertz CT molecular complexity index is 1630. The Morgan fingerprint density at radius 1 is 1.07 bits per heavy atom. The molecule has 3 aromatic rings. The van der Waals surface area contributed by atoms with Crippen molar-refractivity contribution in [2.45, 2.75) is 32.4 Å². The zero-order valence-corrected chi connectivity index (χ0v) is 23.2. The van der Waals surface area contributed by atoms with Crippen LogP contribution in [0.2, 0.25) is 0 Å². The quantitative estimate of drug-likeness (QED) is 0.468. The molecule has 1 saturated heterocycles. The highest BCUT2D eigenvalue weighted by molar-refractivity contribution is 6.45. The minimum atomic E-state index is -0.369. The van der Waals surface area contributed by atoms with Crippen molar-refractivity contribution in [1.82, 2.24) is 20.2 Å². The Morgan fingerprint density at radius 3 is 2.66 bits per heavy atom. The van der Waals surface area contributed by atoms with Crippen LogP contribution in [-0.4, -0.2) is 58.8 Å². The van der Waals surface area contributed by atoms with E-state index in [1.807, 2.05) is 35.2 Å². The lowest BCUT2D eigenvalue weighted by Gasteiger charge is -2.36. The molecule has 2 aromatic carbocycles. The molecule has 2 unspecified atom stereocenters. The molecule has 41 heavy (non-hydrogen) atoms. The molecule has 6 rings (SSSR count). The number of carbonyl (C=O) groups is 1. The van der Waals surface area contributed by atoms with Gasteiger partial charge in [-0.05, 0) is 55.7 Å². The third-order valence-electron chi connectivity index (χ3n) is 7.39. The SMILES string of the molecule is COc1cccc(Nc2ncc3c(n2)C2=CN=C(C(=O)N4CC(C)NC(C)C4)C=C(c4ccccc4F)C2=CC3)c1. The number of allylic oxidation sites excluding steroid dienone is 4. The molecule has 0 radical (unpaired) electrons. The van der Waals surface area contributed by atoms with E-state index in [0.29, 0.717) is 53.6 Å². The number of benzene rings is 2. The number of amides is 1. The predicted molar refractivity (Wildman–Crippen MR) is 159 cm³/mol. The number of aliphatic imine (C=N–C) groups is 1. The molecule has 0 saturated carbocycles. The molecule has 2 atom stereocenters. The standard InChI is InChI=1S/C32H31FN6O2/c1-19-17-39(18-20(2)36-19)31(40)29-14-26(25-9-4-5-10-28(25)33)24-12-11-21-15-35-32(38-30(21)27(24)16-34-29)37-22-7-6-8-23(13-22)41-3/h4-10,12-16,19-20,36H,11,17-18H2,1-3H3,(H,35,37,38). The van der Waals surface area contributed by atoms with Gasteiger partial charge in [0.05, 0.1) is 12.8 Å². The lowest BCUT2D eigenvalue weighted by molar-refractivity contribution is -0.125. The van der Waals surface area contributed by atoms with Gasteiger partial charge in [0, 0.05) is 66.0 Å². The Hall–Kier alpha value is -4.63. The molecule has 1 amide bonds. The monoisotopic (exact) mass is 550 g/mol. The van der Waals surface area contributed by atoms with E-state index >= 15 is 4.39 Å². The number of nitrogens with one attached hydrogen (secondary N) is 2. The number of aromatic nitrogens is 2. The van der Waals surface area contributed by atoms with E-state index in [1.54, 1.807) is 43.8 Å². The summed E-state index contributed by atoms with van der Waals surface area (Å²) >= 11 is 0. The maximum atomic E-state index is 15.2. The molecule has 0 bridgehead atoms. The fraction of sp³-hybridized carbons (Fsp3) is 0.250. The average Bonchev–Trinajstić information content (AvgIpc) is 3.17. The number of halogens is 1. The van der Waals surface area contributed by atoms with E-state index in [1.165, 1.54) is 6.07 Å². The van der Waals surface area contributed by atoms with Gasteiger partial charge in [-0.15, -0.1) is 0 Å². The molecule has 208 valence electrons. The molecule has 1 aromatic heterocycles. The number of methoxy groups -OCH3 is 1. The number of piperazine rings is 1. The Morgan fingerprint density at radius 2 is 1.88 bits per heavy atom. The first kappa shape index (κ1) is 26.6. The van der Waals surface area contributed by atoms with Gasteiger partial charge in [-0.2, -0.15) is 0 Å². The third kappa shape index (κ3) is 5.40. The van der Waals surface area contributed by atoms with Crippen LogP contribution in [0.25, 0.3) is 11.1 Å². The van der Waals surface area contributed by atoms with E-state index in [9.17, 15) is 4.79 Å². The van der Waals surface area contributed by atoms with Gasteiger partial charge < -0.3 is 20.3 Å². The molecule has 1 fully saturated rings.